The molecule has 9 nitrogen and oxygen atoms in total. The van der Waals surface area contributed by atoms with Crippen LogP contribution in [0.25, 0.3) is 16.7 Å². The molecule has 0 atom stereocenters. The van der Waals surface area contributed by atoms with Gasteiger partial charge < -0.3 is 14.0 Å². The second-order valence-corrected chi connectivity index (χ2v) is 8.48. The van der Waals surface area contributed by atoms with Crippen LogP contribution in [0.4, 0.5) is 0 Å². The van der Waals surface area contributed by atoms with Gasteiger partial charge in [0.15, 0.2) is 5.49 Å². The van der Waals surface area contributed by atoms with E-state index in [-0.39, 0.29) is 34.6 Å². The van der Waals surface area contributed by atoms with Crippen molar-refractivity contribution in [3.8, 4) is 5.75 Å². The molecule has 0 fully saturated rings. The lowest BCUT2D eigenvalue weighted by molar-refractivity contribution is 0.0523. The van der Waals surface area contributed by atoms with Gasteiger partial charge in [0.05, 0.1) is 18.6 Å². The Labute approximate surface area is 207 Å². The molecule has 4 rings (SSSR count). The number of amides is 1. The quantitative estimate of drug-likeness (QED) is 0.302. The SMILES string of the molecule is CCOC(=O)c1cc2c(=O)n3cccc(C)c3nc2n(C(C)C)c1=NC(=O)c1ccc(OCC)cc1. The summed E-state index contributed by atoms with van der Waals surface area (Å²) in [4.78, 5) is 48.7. The van der Waals surface area contributed by atoms with E-state index in [2.05, 4.69) is 4.99 Å². The maximum atomic E-state index is 13.4. The highest BCUT2D eigenvalue weighted by atomic mass is 16.5. The molecule has 36 heavy (non-hydrogen) atoms. The zero-order valence-electron chi connectivity index (χ0n) is 20.9. The fourth-order valence-corrected chi connectivity index (χ4v) is 4.03. The largest absolute Gasteiger partial charge is 0.494 e. The first-order valence-corrected chi connectivity index (χ1v) is 11.8. The van der Waals surface area contributed by atoms with Crippen molar-refractivity contribution < 1.29 is 19.1 Å². The van der Waals surface area contributed by atoms with E-state index >= 15 is 0 Å². The van der Waals surface area contributed by atoms with Crippen molar-refractivity contribution >= 4 is 28.6 Å². The maximum Gasteiger partial charge on any atom is 0.341 e. The molecule has 0 unspecified atom stereocenters. The predicted octanol–water partition coefficient (Wildman–Crippen LogP) is 3.86. The first kappa shape index (κ1) is 24.8. The van der Waals surface area contributed by atoms with E-state index in [1.165, 1.54) is 10.5 Å². The van der Waals surface area contributed by atoms with Crippen LogP contribution in [-0.4, -0.2) is 39.0 Å². The lowest BCUT2D eigenvalue weighted by atomic mass is 10.1. The molecule has 9 heteroatoms. The van der Waals surface area contributed by atoms with Crippen molar-refractivity contribution in [1.82, 2.24) is 14.0 Å². The van der Waals surface area contributed by atoms with Gasteiger partial charge in [-0.05, 0) is 76.6 Å². The highest BCUT2D eigenvalue weighted by Gasteiger charge is 2.21. The van der Waals surface area contributed by atoms with Crippen molar-refractivity contribution in [2.24, 2.45) is 4.99 Å². The van der Waals surface area contributed by atoms with Gasteiger partial charge in [0, 0.05) is 17.8 Å². The minimum absolute atomic E-state index is 0.0174. The number of aromatic nitrogens is 3. The number of carbonyl (C=O) groups excluding carboxylic acids is 2. The Hall–Kier alpha value is -4.27. The first-order valence-electron chi connectivity index (χ1n) is 11.8. The number of pyridine rings is 2. The number of hydrogen-bond acceptors (Lipinski definition) is 6. The van der Waals surface area contributed by atoms with Crippen LogP contribution < -0.4 is 15.8 Å². The number of fused-ring (bicyclic) bond motifs is 2. The lowest BCUT2D eigenvalue weighted by Crippen LogP contribution is -2.33. The van der Waals surface area contributed by atoms with Crippen molar-refractivity contribution in [2.45, 2.75) is 40.7 Å². The molecular weight excluding hydrogens is 460 g/mol. The fraction of sp³-hybridized carbons (Fsp3) is 0.296. The third kappa shape index (κ3) is 4.51. The van der Waals surface area contributed by atoms with Crippen LogP contribution in [-0.2, 0) is 4.74 Å². The number of rotatable bonds is 6. The average Bonchev–Trinajstić information content (AvgIpc) is 2.85. The fourth-order valence-electron chi connectivity index (χ4n) is 4.03. The zero-order valence-corrected chi connectivity index (χ0v) is 20.9. The number of nitrogens with zero attached hydrogens (tertiary/aromatic N) is 4. The molecule has 0 spiro atoms. The summed E-state index contributed by atoms with van der Waals surface area (Å²) < 4.78 is 13.8. The number of benzene rings is 1. The Morgan fingerprint density at radius 1 is 1.06 bits per heavy atom. The van der Waals surface area contributed by atoms with Crippen molar-refractivity contribution in [1.29, 1.82) is 0 Å². The summed E-state index contributed by atoms with van der Waals surface area (Å²) >= 11 is 0. The van der Waals surface area contributed by atoms with Gasteiger partial charge in [0.25, 0.3) is 11.5 Å². The Morgan fingerprint density at radius 2 is 1.78 bits per heavy atom. The van der Waals surface area contributed by atoms with Gasteiger partial charge in [0.1, 0.15) is 22.6 Å². The summed E-state index contributed by atoms with van der Waals surface area (Å²) in [5.74, 6) is -0.594. The summed E-state index contributed by atoms with van der Waals surface area (Å²) in [6.45, 7) is 9.80. The number of esters is 1. The highest BCUT2D eigenvalue weighted by molar-refractivity contribution is 5.97. The number of hydrogen-bond donors (Lipinski definition) is 0. The minimum Gasteiger partial charge on any atom is -0.494 e. The Morgan fingerprint density at radius 3 is 2.42 bits per heavy atom. The molecule has 0 N–H and O–H groups in total. The van der Waals surface area contributed by atoms with Crippen LogP contribution in [0.2, 0.25) is 0 Å². The minimum atomic E-state index is -0.680. The van der Waals surface area contributed by atoms with E-state index in [1.807, 2.05) is 33.8 Å². The molecule has 1 amide bonds. The van der Waals surface area contributed by atoms with Crippen molar-refractivity contribution in [3.05, 3.63) is 81.2 Å². The second-order valence-electron chi connectivity index (χ2n) is 8.48. The van der Waals surface area contributed by atoms with E-state index in [1.54, 1.807) is 48.0 Å². The Kier molecular flexibility index (Phi) is 7.00. The summed E-state index contributed by atoms with van der Waals surface area (Å²) in [5, 5.41) is 0.224. The first-order chi connectivity index (χ1) is 17.3. The summed E-state index contributed by atoms with van der Waals surface area (Å²) in [6.07, 6.45) is 1.63. The number of carbonyl (C=O) groups is 2. The van der Waals surface area contributed by atoms with Gasteiger partial charge in [-0.2, -0.15) is 4.99 Å². The standard InChI is InChI=1S/C27H28N4O5/c1-6-35-19-12-10-18(11-13-19)25(32)29-24-21(27(34)36-7-2)15-20-23(31(24)16(3)4)28-22-17(5)9-8-14-30(22)26(20)33/h8-16H,6-7H2,1-5H3. The van der Waals surface area contributed by atoms with Gasteiger partial charge >= 0.3 is 5.97 Å². The molecule has 0 aliphatic carbocycles. The molecule has 4 aromatic rings. The molecule has 0 saturated carbocycles. The molecule has 0 bridgehead atoms. The normalized spacial score (nSPS) is 11.9. The van der Waals surface area contributed by atoms with Gasteiger partial charge in [-0.25, -0.2) is 9.78 Å². The van der Waals surface area contributed by atoms with E-state index < -0.39 is 11.9 Å². The molecule has 1 aromatic carbocycles. The van der Waals surface area contributed by atoms with Gasteiger partial charge in [0.2, 0.25) is 0 Å². The molecule has 0 aliphatic rings. The smallest absolute Gasteiger partial charge is 0.341 e. The Balaban J connectivity index is 2.07. The van der Waals surface area contributed by atoms with Crippen LogP contribution >= 0.6 is 0 Å². The maximum absolute atomic E-state index is 13.4. The zero-order chi connectivity index (χ0) is 26.0. The second kappa shape index (κ2) is 10.2. The van der Waals surface area contributed by atoms with E-state index in [9.17, 15) is 14.4 Å². The molecule has 3 aromatic heterocycles. The lowest BCUT2D eigenvalue weighted by Gasteiger charge is -2.18. The van der Waals surface area contributed by atoms with E-state index in [0.717, 1.165) is 5.56 Å². The Bertz CT molecular complexity index is 1600. The molecule has 0 saturated heterocycles. The van der Waals surface area contributed by atoms with E-state index in [4.69, 9.17) is 14.5 Å². The van der Waals surface area contributed by atoms with Crippen LogP contribution in [0.1, 0.15) is 60.0 Å². The van der Waals surface area contributed by atoms with E-state index in [0.29, 0.717) is 29.2 Å². The molecule has 3 heterocycles. The highest BCUT2D eigenvalue weighted by Crippen LogP contribution is 2.17. The van der Waals surface area contributed by atoms with Crippen LogP contribution in [0.3, 0.4) is 0 Å². The van der Waals surface area contributed by atoms with Crippen LogP contribution in [0, 0.1) is 6.92 Å². The predicted molar refractivity (Wildman–Crippen MR) is 136 cm³/mol. The summed E-state index contributed by atoms with van der Waals surface area (Å²) in [7, 11) is 0. The molecule has 186 valence electrons. The van der Waals surface area contributed by atoms with Gasteiger partial charge in [-0.15, -0.1) is 0 Å². The summed E-state index contributed by atoms with van der Waals surface area (Å²) in [5.41, 5.74) is 1.72. The van der Waals surface area contributed by atoms with Gasteiger partial charge in [-0.1, -0.05) is 6.07 Å². The number of ether oxygens (including phenoxy) is 2. The number of aryl methyl sites for hydroxylation is 1. The monoisotopic (exact) mass is 488 g/mol. The van der Waals surface area contributed by atoms with Gasteiger partial charge in [-0.3, -0.25) is 14.0 Å². The third-order valence-corrected chi connectivity index (χ3v) is 5.68. The topological polar surface area (TPSA) is 104 Å². The van der Waals surface area contributed by atoms with Crippen LogP contribution in [0.15, 0.2) is 58.4 Å². The van der Waals surface area contributed by atoms with Crippen molar-refractivity contribution in [3.63, 3.8) is 0 Å². The van der Waals surface area contributed by atoms with Crippen LogP contribution in [0.5, 0.6) is 5.75 Å². The molecular formula is C27H28N4O5. The summed E-state index contributed by atoms with van der Waals surface area (Å²) in [6, 6.07) is 11.4. The average molecular weight is 489 g/mol. The third-order valence-electron chi connectivity index (χ3n) is 5.68. The van der Waals surface area contributed by atoms with Crippen molar-refractivity contribution in [2.75, 3.05) is 13.2 Å². The molecule has 0 radical (unpaired) electrons. The molecule has 0 aliphatic heterocycles.